The van der Waals surface area contributed by atoms with Crippen molar-refractivity contribution >= 4 is 11.7 Å². The smallest absolute Gasteiger partial charge is 0.363 e. The number of nitrogens with one attached hydrogen (secondary N) is 1. The lowest BCUT2D eigenvalue weighted by Crippen LogP contribution is -2.49. The summed E-state index contributed by atoms with van der Waals surface area (Å²) in [6, 6.07) is 7.16. The second kappa shape index (κ2) is 9.62. The van der Waals surface area contributed by atoms with E-state index in [4.69, 9.17) is 0 Å². The fourth-order valence-corrected chi connectivity index (χ4v) is 6.11. The molecule has 5 rings (SSSR count). The van der Waals surface area contributed by atoms with Gasteiger partial charge >= 0.3 is 6.18 Å². The van der Waals surface area contributed by atoms with Crippen molar-refractivity contribution in [1.29, 1.82) is 0 Å². The highest BCUT2D eigenvalue weighted by molar-refractivity contribution is 5.99. The van der Waals surface area contributed by atoms with E-state index in [1.54, 1.807) is 0 Å². The Morgan fingerprint density at radius 1 is 0.941 bits per heavy atom. The Morgan fingerprint density at radius 3 is 2.09 bits per heavy atom. The number of rotatable bonds is 4. The van der Waals surface area contributed by atoms with E-state index in [-0.39, 0.29) is 35.8 Å². The van der Waals surface area contributed by atoms with Crippen molar-refractivity contribution in [1.82, 2.24) is 14.7 Å². The van der Waals surface area contributed by atoms with Crippen LogP contribution in [0.25, 0.3) is 0 Å². The molecule has 2 saturated carbocycles. The fraction of sp³-hybridized carbons (Fsp3) is 0.615. The Balaban J connectivity index is 1.51. The largest absolute Gasteiger partial charge is 0.410 e. The average molecular weight is 475 g/mol. The number of halogens is 3. The predicted octanol–water partition coefficient (Wildman–Crippen LogP) is 6.65. The lowest BCUT2D eigenvalue weighted by Gasteiger charge is -2.42. The van der Waals surface area contributed by atoms with Crippen molar-refractivity contribution in [3.63, 3.8) is 0 Å². The molecular weight excluding hydrogens is 441 g/mol. The van der Waals surface area contributed by atoms with Gasteiger partial charge in [0.05, 0.1) is 12.2 Å². The second-order valence-corrected chi connectivity index (χ2v) is 10.0. The van der Waals surface area contributed by atoms with E-state index >= 15 is 0 Å². The molecule has 5 nitrogen and oxygen atoms in total. The molecule has 1 aliphatic heterocycles. The number of fused-ring (bicyclic) bond motifs is 1. The normalized spacial score (nSPS) is 24.3. The number of nitrogens with zero attached hydrogens (tertiary/aromatic N) is 3. The number of alkyl halides is 3. The molecule has 1 aromatic carbocycles. The van der Waals surface area contributed by atoms with Crippen molar-refractivity contribution < 1.29 is 18.0 Å². The number of hydrogen-bond acceptors (Lipinski definition) is 3. The number of hydrogen-bond donors (Lipinski definition) is 1. The Hall–Kier alpha value is -2.51. The summed E-state index contributed by atoms with van der Waals surface area (Å²) >= 11 is 0. The Kier molecular flexibility index (Phi) is 6.58. The Labute approximate surface area is 198 Å². The van der Waals surface area contributed by atoms with Crippen LogP contribution in [-0.2, 0) is 0 Å². The van der Waals surface area contributed by atoms with Gasteiger partial charge in [-0.3, -0.25) is 4.79 Å². The van der Waals surface area contributed by atoms with Crippen molar-refractivity contribution in [3.8, 4) is 0 Å². The zero-order valence-electron chi connectivity index (χ0n) is 19.4. The molecular formula is C26H33F3N4O. The quantitative estimate of drug-likeness (QED) is 0.540. The summed E-state index contributed by atoms with van der Waals surface area (Å²) in [5.41, 5.74) is 1.05. The molecule has 8 heteroatoms. The van der Waals surface area contributed by atoms with Gasteiger partial charge in [-0.25, -0.2) is 4.68 Å². The minimum absolute atomic E-state index is 0.159. The fourth-order valence-electron chi connectivity index (χ4n) is 6.11. The number of anilines is 1. The maximum atomic E-state index is 14.1. The molecule has 1 amide bonds. The molecule has 0 radical (unpaired) electrons. The number of amides is 1. The summed E-state index contributed by atoms with van der Waals surface area (Å²) in [7, 11) is 0. The van der Waals surface area contributed by atoms with Crippen LogP contribution in [0.5, 0.6) is 0 Å². The van der Waals surface area contributed by atoms with Gasteiger partial charge in [-0.1, -0.05) is 68.9 Å². The Morgan fingerprint density at radius 2 is 1.53 bits per heavy atom. The third-order valence-electron chi connectivity index (χ3n) is 7.84. The summed E-state index contributed by atoms with van der Waals surface area (Å²) in [5, 5.41) is 7.37. The number of carbonyl (C=O) groups is 1. The first-order valence-electron chi connectivity index (χ1n) is 12.7. The molecule has 2 aliphatic carbocycles. The highest BCUT2D eigenvalue weighted by atomic mass is 19.4. The van der Waals surface area contributed by atoms with Crippen LogP contribution in [0, 0.1) is 0 Å². The van der Waals surface area contributed by atoms with Crippen LogP contribution in [0.15, 0.2) is 36.5 Å². The molecule has 0 unspecified atom stereocenters. The topological polar surface area (TPSA) is 50.2 Å². The first-order valence-corrected chi connectivity index (χ1v) is 12.7. The van der Waals surface area contributed by atoms with Crippen LogP contribution in [-0.4, -0.2) is 38.8 Å². The van der Waals surface area contributed by atoms with Crippen molar-refractivity contribution in [2.45, 2.75) is 101 Å². The van der Waals surface area contributed by atoms with E-state index in [0.29, 0.717) is 0 Å². The zero-order valence-corrected chi connectivity index (χ0v) is 19.4. The minimum atomic E-state index is -4.46. The molecule has 0 saturated heterocycles. The molecule has 0 bridgehead atoms. The molecule has 2 aromatic rings. The molecule has 34 heavy (non-hydrogen) atoms. The standard InChI is InChI=1S/C26H33F3N4O/c27-26(28,29)23-16-22(18-10-4-1-5-11-18)31-24-21(17-30-33(23)24)25(34)32(19-12-6-2-7-13-19)20-14-8-3-9-15-20/h1,4-5,10-11,17,19-20,22-23,31H,2-3,6-9,12-16H2/t22-,23+/m0/s1. The van der Waals surface area contributed by atoms with Gasteiger partial charge in [-0.15, -0.1) is 0 Å². The third-order valence-corrected chi connectivity index (χ3v) is 7.84. The van der Waals surface area contributed by atoms with E-state index in [1.807, 2.05) is 35.2 Å². The van der Waals surface area contributed by atoms with Gasteiger partial charge in [0.2, 0.25) is 0 Å². The monoisotopic (exact) mass is 474 g/mol. The van der Waals surface area contributed by atoms with Gasteiger partial charge in [0.25, 0.3) is 5.91 Å². The minimum Gasteiger partial charge on any atom is -0.363 e. The van der Waals surface area contributed by atoms with Crippen LogP contribution in [0.4, 0.5) is 19.0 Å². The molecule has 2 fully saturated rings. The molecule has 2 heterocycles. The summed E-state index contributed by atoms with van der Waals surface area (Å²) < 4.78 is 43.2. The van der Waals surface area contributed by atoms with Crippen LogP contribution in [0.3, 0.4) is 0 Å². The van der Waals surface area contributed by atoms with Gasteiger partial charge < -0.3 is 10.2 Å². The van der Waals surface area contributed by atoms with E-state index in [1.165, 1.54) is 19.0 Å². The van der Waals surface area contributed by atoms with Crippen LogP contribution >= 0.6 is 0 Å². The lowest BCUT2D eigenvalue weighted by atomic mass is 9.88. The predicted molar refractivity (Wildman–Crippen MR) is 125 cm³/mol. The summed E-state index contributed by atoms with van der Waals surface area (Å²) in [4.78, 5) is 16.1. The number of carbonyl (C=O) groups excluding carboxylic acids is 1. The van der Waals surface area contributed by atoms with Gasteiger partial charge in [0.15, 0.2) is 6.04 Å². The van der Waals surface area contributed by atoms with Crippen molar-refractivity contribution in [2.75, 3.05) is 5.32 Å². The van der Waals surface area contributed by atoms with E-state index in [0.717, 1.165) is 61.6 Å². The van der Waals surface area contributed by atoms with Crippen molar-refractivity contribution in [3.05, 3.63) is 47.7 Å². The van der Waals surface area contributed by atoms with Crippen molar-refractivity contribution in [2.24, 2.45) is 0 Å². The lowest BCUT2D eigenvalue weighted by molar-refractivity contribution is -0.173. The second-order valence-electron chi connectivity index (χ2n) is 10.0. The third kappa shape index (κ3) is 4.56. The summed E-state index contributed by atoms with van der Waals surface area (Å²) in [6.45, 7) is 0. The van der Waals surface area contributed by atoms with E-state index < -0.39 is 18.3 Å². The van der Waals surface area contributed by atoms with E-state index in [2.05, 4.69) is 10.4 Å². The van der Waals surface area contributed by atoms with Gasteiger partial charge in [-0.2, -0.15) is 18.3 Å². The first-order chi connectivity index (χ1) is 16.4. The number of benzene rings is 1. The van der Waals surface area contributed by atoms with Gasteiger partial charge in [-0.05, 0) is 31.2 Å². The van der Waals surface area contributed by atoms with Crippen LogP contribution < -0.4 is 5.32 Å². The van der Waals surface area contributed by atoms with Crippen LogP contribution in [0.1, 0.15) is 98.6 Å². The molecule has 0 spiro atoms. The van der Waals surface area contributed by atoms with Gasteiger partial charge in [0, 0.05) is 18.5 Å². The first kappa shape index (κ1) is 23.2. The molecule has 184 valence electrons. The zero-order chi connectivity index (χ0) is 23.7. The molecule has 1 aromatic heterocycles. The SMILES string of the molecule is O=C(c1cnn2c1N[C@H](c1ccccc1)C[C@@H]2C(F)(F)F)N(C1CCCCC1)C1CCCCC1. The van der Waals surface area contributed by atoms with Gasteiger partial charge in [0.1, 0.15) is 11.4 Å². The summed E-state index contributed by atoms with van der Waals surface area (Å²) in [5.74, 6) is 0.0335. The van der Waals surface area contributed by atoms with E-state index in [9.17, 15) is 18.0 Å². The Bertz CT molecular complexity index is 960. The maximum absolute atomic E-state index is 14.1. The number of aromatic nitrogens is 2. The molecule has 2 atom stereocenters. The average Bonchev–Trinajstić information content (AvgIpc) is 3.29. The van der Waals surface area contributed by atoms with Crippen LogP contribution in [0.2, 0.25) is 0 Å². The molecule has 1 N–H and O–H groups in total. The highest BCUT2D eigenvalue weighted by Gasteiger charge is 2.48. The molecule has 3 aliphatic rings. The maximum Gasteiger partial charge on any atom is 0.410 e. The summed E-state index contributed by atoms with van der Waals surface area (Å²) in [6.07, 6.45) is 7.36. The highest BCUT2D eigenvalue weighted by Crippen LogP contribution is 2.45.